The second-order valence-corrected chi connectivity index (χ2v) is 7.02. The van der Waals surface area contributed by atoms with E-state index in [0.717, 1.165) is 18.7 Å². The van der Waals surface area contributed by atoms with Crippen molar-refractivity contribution in [1.29, 1.82) is 0 Å². The van der Waals surface area contributed by atoms with Crippen LogP contribution >= 0.6 is 0 Å². The van der Waals surface area contributed by atoms with Gasteiger partial charge >= 0.3 is 0 Å². The molecule has 7 heteroatoms. The molecule has 0 aliphatic carbocycles. The summed E-state index contributed by atoms with van der Waals surface area (Å²) in [5.41, 5.74) is 7.43. The number of hydrogen-bond acceptors (Lipinski definition) is 5. The van der Waals surface area contributed by atoms with Crippen LogP contribution in [-0.4, -0.2) is 32.7 Å². The van der Waals surface area contributed by atoms with Crippen LogP contribution in [0.3, 0.4) is 0 Å². The van der Waals surface area contributed by atoms with Crippen molar-refractivity contribution in [3.05, 3.63) is 17.7 Å². The van der Waals surface area contributed by atoms with Crippen LogP contribution in [0.2, 0.25) is 0 Å². The first-order valence-corrected chi connectivity index (χ1v) is 8.10. The van der Waals surface area contributed by atoms with Gasteiger partial charge in [-0.3, -0.25) is 0 Å². The molecular weight excluding hydrogens is 278 g/mol. The van der Waals surface area contributed by atoms with E-state index in [9.17, 15) is 13.5 Å². The molecule has 0 aromatic heterocycles. The number of hydrogen-bond donors (Lipinski definition) is 3. The van der Waals surface area contributed by atoms with E-state index < -0.39 is 16.1 Å². The Morgan fingerprint density at radius 3 is 2.60 bits per heavy atom. The van der Waals surface area contributed by atoms with Crippen LogP contribution in [0.5, 0.6) is 0 Å². The zero-order chi connectivity index (χ0) is 15.1. The Bertz CT molecular complexity index is 616. The lowest BCUT2D eigenvalue weighted by Gasteiger charge is -2.37. The SMILES string of the molecule is Cc1c(N2CCC(C)C(O)C2)cc(N)cc1S(N)(=O)=O. The van der Waals surface area contributed by atoms with Crippen LogP contribution in [0.15, 0.2) is 17.0 Å². The van der Waals surface area contributed by atoms with E-state index in [1.807, 2.05) is 11.8 Å². The molecule has 1 aliphatic rings. The highest BCUT2D eigenvalue weighted by atomic mass is 32.2. The molecule has 0 saturated carbocycles. The Labute approximate surface area is 119 Å². The van der Waals surface area contributed by atoms with E-state index in [0.29, 0.717) is 17.8 Å². The molecule has 5 N–H and O–H groups in total. The summed E-state index contributed by atoms with van der Waals surface area (Å²) in [6.45, 7) is 4.94. The highest BCUT2D eigenvalue weighted by molar-refractivity contribution is 7.89. The van der Waals surface area contributed by atoms with Gasteiger partial charge in [-0.2, -0.15) is 0 Å². The van der Waals surface area contributed by atoms with Crippen LogP contribution in [0.4, 0.5) is 11.4 Å². The minimum atomic E-state index is -3.81. The average molecular weight is 299 g/mol. The van der Waals surface area contributed by atoms with Gasteiger partial charge in [0.05, 0.1) is 11.0 Å². The van der Waals surface area contributed by atoms with Crippen molar-refractivity contribution in [2.45, 2.75) is 31.3 Å². The van der Waals surface area contributed by atoms with Crippen molar-refractivity contribution in [2.75, 3.05) is 23.7 Å². The molecule has 0 spiro atoms. The van der Waals surface area contributed by atoms with E-state index in [-0.39, 0.29) is 10.8 Å². The van der Waals surface area contributed by atoms with Gasteiger partial charge in [-0.25, -0.2) is 13.6 Å². The predicted molar refractivity (Wildman–Crippen MR) is 79.0 cm³/mol. The van der Waals surface area contributed by atoms with Crippen molar-refractivity contribution in [1.82, 2.24) is 0 Å². The number of nitrogens with two attached hydrogens (primary N) is 2. The van der Waals surface area contributed by atoms with Crippen molar-refractivity contribution in [2.24, 2.45) is 11.1 Å². The van der Waals surface area contributed by atoms with E-state index in [2.05, 4.69) is 0 Å². The van der Waals surface area contributed by atoms with Gasteiger partial charge in [-0.15, -0.1) is 0 Å². The van der Waals surface area contributed by atoms with Gasteiger partial charge in [0.2, 0.25) is 10.0 Å². The minimum Gasteiger partial charge on any atom is -0.399 e. The normalized spacial score (nSPS) is 23.9. The summed E-state index contributed by atoms with van der Waals surface area (Å²) < 4.78 is 23.2. The van der Waals surface area contributed by atoms with E-state index >= 15 is 0 Å². The Hall–Kier alpha value is -1.31. The number of benzene rings is 1. The number of anilines is 2. The molecule has 6 nitrogen and oxygen atoms in total. The maximum absolute atomic E-state index is 11.6. The van der Waals surface area contributed by atoms with Gasteiger partial charge in [0.25, 0.3) is 0 Å². The molecule has 1 saturated heterocycles. The van der Waals surface area contributed by atoms with Gasteiger partial charge in [0.1, 0.15) is 0 Å². The van der Waals surface area contributed by atoms with Crippen LogP contribution in [-0.2, 0) is 10.0 Å². The molecule has 112 valence electrons. The Kier molecular flexibility index (Phi) is 3.95. The number of aliphatic hydroxyl groups excluding tert-OH is 1. The smallest absolute Gasteiger partial charge is 0.238 e. The molecule has 1 aromatic rings. The van der Waals surface area contributed by atoms with E-state index in [1.54, 1.807) is 13.0 Å². The fourth-order valence-electron chi connectivity index (χ4n) is 2.59. The maximum Gasteiger partial charge on any atom is 0.238 e. The third-order valence-electron chi connectivity index (χ3n) is 3.92. The molecule has 0 amide bonds. The van der Waals surface area contributed by atoms with Crippen LogP contribution < -0.4 is 15.8 Å². The predicted octanol–water partition coefficient (Wildman–Crippen LogP) is 0.432. The highest BCUT2D eigenvalue weighted by Gasteiger charge is 2.27. The van der Waals surface area contributed by atoms with Gasteiger partial charge in [-0.05, 0) is 37.0 Å². The van der Waals surface area contributed by atoms with Gasteiger partial charge < -0.3 is 15.7 Å². The summed E-state index contributed by atoms with van der Waals surface area (Å²) in [5, 5.41) is 15.2. The molecule has 2 unspecified atom stereocenters. The number of sulfonamides is 1. The summed E-state index contributed by atoms with van der Waals surface area (Å²) in [4.78, 5) is 2.01. The monoisotopic (exact) mass is 299 g/mol. The lowest BCUT2D eigenvalue weighted by atomic mass is 9.95. The zero-order valence-electron chi connectivity index (χ0n) is 11.7. The lowest BCUT2D eigenvalue weighted by Crippen LogP contribution is -2.43. The largest absolute Gasteiger partial charge is 0.399 e. The van der Waals surface area contributed by atoms with Crippen molar-refractivity contribution in [3.63, 3.8) is 0 Å². The van der Waals surface area contributed by atoms with Crippen molar-refractivity contribution < 1.29 is 13.5 Å². The second kappa shape index (κ2) is 5.23. The number of nitrogen functional groups attached to an aromatic ring is 1. The molecule has 1 heterocycles. The molecule has 20 heavy (non-hydrogen) atoms. The number of primary sulfonamides is 1. The molecule has 0 bridgehead atoms. The minimum absolute atomic E-state index is 0.0422. The molecule has 1 aromatic carbocycles. The fraction of sp³-hybridized carbons (Fsp3) is 0.538. The molecule has 0 radical (unpaired) electrons. The first-order chi connectivity index (χ1) is 9.20. The Morgan fingerprint density at radius 1 is 1.40 bits per heavy atom. The summed E-state index contributed by atoms with van der Waals surface area (Å²) in [5.74, 6) is 0.241. The van der Waals surface area contributed by atoms with Crippen LogP contribution in [0.1, 0.15) is 18.9 Å². The number of aliphatic hydroxyl groups is 1. The third kappa shape index (κ3) is 2.89. The quantitative estimate of drug-likeness (QED) is 0.686. The topological polar surface area (TPSA) is 110 Å². The van der Waals surface area contributed by atoms with E-state index in [1.165, 1.54) is 6.07 Å². The van der Waals surface area contributed by atoms with Crippen molar-refractivity contribution in [3.8, 4) is 0 Å². The standard InChI is InChI=1S/C13H21N3O3S/c1-8-3-4-16(7-12(8)17)11-5-10(14)6-13(9(11)2)20(15,18)19/h5-6,8,12,17H,3-4,7,14H2,1-2H3,(H2,15,18,19). The number of piperidine rings is 1. The van der Waals surface area contributed by atoms with E-state index in [4.69, 9.17) is 10.9 Å². The molecule has 1 aliphatic heterocycles. The number of nitrogens with zero attached hydrogens (tertiary/aromatic N) is 1. The third-order valence-corrected chi connectivity index (χ3v) is 4.96. The number of rotatable bonds is 2. The van der Waals surface area contributed by atoms with Crippen LogP contribution in [0.25, 0.3) is 0 Å². The van der Waals surface area contributed by atoms with Crippen LogP contribution in [0, 0.1) is 12.8 Å². The maximum atomic E-state index is 11.6. The summed E-state index contributed by atoms with van der Waals surface area (Å²) in [6.07, 6.45) is 0.419. The molecule has 2 rings (SSSR count). The van der Waals surface area contributed by atoms with Gasteiger partial charge in [-0.1, -0.05) is 6.92 Å². The molecule has 2 atom stereocenters. The molecule has 1 fully saturated rings. The lowest BCUT2D eigenvalue weighted by molar-refractivity contribution is 0.103. The highest BCUT2D eigenvalue weighted by Crippen LogP contribution is 2.31. The van der Waals surface area contributed by atoms with Gasteiger partial charge in [0.15, 0.2) is 0 Å². The molecular formula is C13H21N3O3S. The van der Waals surface area contributed by atoms with Gasteiger partial charge in [0, 0.05) is 24.5 Å². The fourth-order valence-corrected chi connectivity index (χ4v) is 3.42. The average Bonchev–Trinajstić information content (AvgIpc) is 2.34. The summed E-state index contributed by atoms with van der Waals surface area (Å²) in [7, 11) is -3.81. The summed E-state index contributed by atoms with van der Waals surface area (Å²) >= 11 is 0. The second-order valence-electron chi connectivity index (χ2n) is 5.49. The zero-order valence-corrected chi connectivity index (χ0v) is 12.5. The first kappa shape index (κ1) is 15.1. The first-order valence-electron chi connectivity index (χ1n) is 6.56. The number of β-amino-alcohol motifs (C(OH)–C–C–N with tert-alkyl or cyclic N) is 1. The summed E-state index contributed by atoms with van der Waals surface area (Å²) in [6, 6.07) is 3.10. The Balaban J connectivity index is 2.45. The van der Waals surface area contributed by atoms with Crippen molar-refractivity contribution >= 4 is 21.4 Å². The Morgan fingerprint density at radius 2 is 2.05 bits per heavy atom.